The summed E-state index contributed by atoms with van der Waals surface area (Å²) in [7, 11) is 0. The molecule has 0 amide bonds. The maximum Gasteiger partial charge on any atom is 0.120 e. The smallest absolute Gasteiger partial charge is 0.120 e. The Bertz CT molecular complexity index is 961. The van der Waals surface area contributed by atoms with Crippen LogP contribution in [0.4, 0.5) is 0 Å². The van der Waals surface area contributed by atoms with E-state index in [1.807, 2.05) is 11.8 Å². The van der Waals surface area contributed by atoms with Gasteiger partial charge >= 0.3 is 0 Å². The van der Waals surface area contributed by atoms with Crippen molar-refractivity contribution >= 4 is 22.8 Å². The second-order valence-corrected chi connectivity index (χ2v) is 7.41. The molecule has 1 heterocycles. The summed E-state index contributed by atoms with van der Waals surface area (Å²) in [6.45, 7) is 1.00. The molecule has 3 heteroatoms. The van der Waals surface area contributed by atoms with E-state index in [1.54, 1.807) is 0 Å². The Balaban J connectivity index is 1.51. The predicted molar refractivity (Wildman–Crippen MR) is 110 cm³/mol. The number of aryl methyl sites for hydroxylation is 2. The second kappa shape index (κ2) is 8.24. The van der Waals surface area contributed by atoms with Gasteiger partial charge in [0.1, 0.15) is 5.82 Å². The molecule has 4 rings (SSSR count). The number of benzene rings is 3. The highest BCUT2D eigenvalue weighted by atomic mass is 32.2. The molecule has 0 N–H and O–H groups in total. The fourth-order valence-electron chi connectivity index (χ4n) is 3.24. The quantitative estimate of drug-likeness (QED) is 0.379. The summed E-state index contributed by atoms with van der Waals surface area (Å²) >= 11 is 1.85. The number of fused-ring (bicyclic) bond motifs is 1. The fraction of sp³-hybridized carbons (Fsp3) is 0.174. The second-order valence-electron chi connectivity index (χ2n) is 6.36. The highest BCUT2D eigenvalue weighted by Gasteiger charge is 2.10. The van der Waals surface area contributed by atoms with E-state index in [1.165, 1.54) is 16.0 Å². The van der Waals surface area contributed by atoms with E-state index < -0.39 is 0 Å². The third-order valence-corrected chi connectivity index (χ3v) is 5.54. The van der Waals surface area contributed by atoms with Crippen LogP contribution in [0.5, 0.6) is 0 Å². The number of para-hydroxylation sites is 2. The Morgan fingerprint density at radius 2 is 1.46 bits per heavy atom. The first-order valence-corrected chi connectivity index (χ1v) is 10.0. The molecule has 0 aliphatic carbocycles. The largest absolute Gasteiger partial charge is 0.327 e. The highest BCUT2D eigenvalue weighted by Crippen LogP contribution is 2.25. The molecule has 0 radical (unpaired) electrons. The Morgan fingerprint density at radius 1 is 0.769 bits per heavy atom. The zero-order valence-electron chi connectivity index (χ0n) is 14.7. The van der Waals surface area contributed by atoms with Crippen molar-refractivity contribution in [3.8, 4) is 0 Å². The number of imidazole rings is 1. The summed E-state index contributed by atoms with van der Waals surface area (Å²) in [4.78, 5) is 6.18. The Kier molecular flexibility index (Phi) is 5.36. The molecule has 0 bridgehead atoms. The van der Waals surface area contributed by atoms with Gasteiger partial charge < -0.3 is 4.57 Å². The lowest BCUT2D eigenvalue weighted by Crippen LogP contribution is -2.04. The number of nitrogens with zero attached hydrogens (tertiary/aromatic N) is 2. The predicted octanol–water partition coefficient (Wildman–Crippen LogP) is 5.96. The van der Waals surface area contributed by atoms with Crippen LogP contribution in [-0.4, -0.2) is 9.55 Å². The monoisotopic (exact) mass is 358 g/mol. The topological polar surface area (TPSA) is 17.8 Å². The summed E-state index contributed by atoms with van der Waals surface area (Å²) < 4.78 is 2.40. The van der Waals surface area contributed by atoms with Gasteiger partial charge in [-0.2, -0.15) is 0 Å². The van der Waals surface area contributed by atoms with Crippen molar-refractivity contribution in [3.63, 3.8) is 0 Å². The van der Waals surface area contributed by atoms with Crippen LogP contribution in [0, 0.1) is 0 Å². The van der Waals surface area contributed by atoms with Crippen molar-refractivity contribution < 1.29 is 0 Å². The molecule has 4 aromatic rings. The first-order valence-electron chi connectivity index (χ1n) is 9.06. The van der Waals surface area contributed by atoms with Crippen molar-refractivity contribution in [3.05, 3.63) is 96.3 Å². The molecule has 0 saturated carbocycles. The average Bonchev–Trinajstić information content (AvgIpc) is 3.06. The van der Waals surface area contributed by atoms with Gasteiger partial charge in [0, 0.05) is 11.4 Å². The molecular formula is C23H22N2S. The molecule has 0 atom stereocenters. The van der Waals surface area contributed by atoms with E-state index in [2.05, 4.69) is 89.5 Å². The third kappa shape index (κ3) is 4.00. The van der Waals surface area contributed by atoms with Crippen molar-refractivity contribution in [1.82, 2.24) is 9.55 Å². The minimum atomic E-state index is 0.893. The Hall–Kier alpha value is -2.52. The zero-order chi connectivity index (χ0) is 17.6. The molecule has 3 aromatic carbocycles. The number of aromatic nitrogens is 2. The summed E-state index contributed by atoms with van der Waals surface area (Å²) in [5.41, 5.74) is 3.73. The maximum absolute atomic E-state index is 4.90. The van der Waals surface area contributed by atoms with Gasteiger partial charge in [0.05, 0.1) is 16.8 Å². The first-order chi connectivity index (χ1) is 12.9. The molecule has 0 aliphatic rings. The summed E-state index contributed by atoms with van der Waals surface area (Å²) in [6, 6.07) is 29.7. The summed E-state index contributed by atoms with van der Waals surface area (Å²) in [6.07, 6.45) is 2.21. The molecule has 0 fully saturated rings. The van der Waals surface area contributed by atoms with Crippen LogP contribution in [0.1, 0.15) is 17.8 Å². The van der Waals surface area contributed by atoms with Gasteiger partial charge in [-0.15, -0.1) is 11.8 Å². The van der Waals surface area contributed by atoms with Crippen LogP contribution in [0.3, 0.4) is 0 Å². The molecule has 0 saturated heterocycles. The molecule has 0 spiro atoms. The van der Waals surface area contributed by atoms with Crippen molar-refractivity contribution in [2.24, 2.45) is 0 Å². The van der Waals surface area contributed by atoms with E-state index in [0.29, 0.717) is 0 Å². The first kappa shape index (κ1) is 16.9. The van der Waals surface area contributed by atoms with Crippen LogP contribution in [0.15, 0.2) is 89.8 Å². The van der Waals surface area contributed by atoms with Crippen LogP contribution >= 0.6 is 11.8 Å². The molecule has 0 aliphatic heterocycles. The third-order valence-electron chi connectivity index (χ3n) is 4.53. The molecule has 2 nitrogen and oxygen atoms in total. The average molecular weight is 359 g/mol. The van der Waals surface area contributed by atoms with Gasteiger partial charge in [-0.3, -0.25) is 0 Å². The van der Waals surface area contributed by atoms with Gasteiger partial charge in [-0.25, -0.2) is 4.98 Å². The molecule has 26 heavy (non-hydrogen) atoms. The minimum Gasteiger partial charge on any atom is -0.327 e. The van der Waals surface area contributed by atoms with Crippen molar-refractivity contribution in [2.45, 2.75) is 30.0 Å². The number of hydrogen-bond donors (Lipinski definition) is 0. The molecule has 1 aromatic heterocycles. The zero-order valence-corrected chi connectivity index (χ0v) is 15.5. The number of rotatable bonds is 7. The lowest BCUT2D eigenvalue weighted by molar-refractivity contribution is 0.638. The number of hydrogen-bond acceptors (Lipinski definition) is 2. The summed E-state index contributed by atoms with van der Waals surface area (Å²) in [5.74, 6) is 2.05. The van der Waals surface area contributed by atoms with E-state index in [4.69, 9.17) is 4.98 Å². The van der Waals surface area contributed by atoms with Crippen LogP contribution in [-0.2, 0) is 18.7 Å². The number of thioether (sulfide) groups is 1. The van der Waals surface area contributed by atoms with Gasteiger partial charge in [-0.05, 0) is 42.7 Å². The van der Waals surface area contributed by atoms with Crippen molar-refractivity contribution in [2.75, 3.05) is 0 Å². The maximum atomic E-state index is 4.90. The van der Waals surface area contributed by atoms with Crippen molar-refractivity contribution in [1.29, 1.82) is 0 Å². The Morgan fingerprint density at radius 3 is 2.27 bits per heavy atom. The van der Waals surface area contributed by atoms with Gasteiger partial charge in [0.15, 0.2) is 0 Å². The normalized spacial score (nSPS) is 11.1. The highest BCUT2D eigenvalue weighted by molar-refractivity contribution is 7.98. The lowest BCUT2D eigenvalue weighted by Gasteiger charge is -2.09. The van der Waals surface area contributed by atoms with E-state index in [0.717, 1.165) is 36.5 Å². The SMILES string of the molecule is c1ccc(CCCn2c(CSc3ccccc3)nc3ccccc32)cc1. The fourth-order valence-corrected chi connectivity index (χ4v) is 4.10. The van der Waals surface area contributed by atoms with E-state index >= 15 is 0 Å². The van der Waals surface area contributed by atoms with Gasteiger partial charge in [0.25, 0.3) is 0 Å². The summed E-state index contributed by atoms with van der Waals surface area (Å²) in [5, 5.41) is 0. The van der Waals surface area contributed by atoms with Crippen LogP contribution in [0.2, 0.25) is 0 Å². The van der Waals surface area contributed by atoms with E-state index in [9.17, 15) is 0 Å². The molecule has 0 unspecified atom stereocenters. The molecular weight excluding hydrogens is 336 g/mol. The Labute approximate surface area is 158 Å². The molecule has 130 valence electrons. The van der Waals surface area contributed by atoms with E-state index in [-0.39, 0.29) is 0 Å². The van der Waals surface area contributed by atoms with Gasteiger partial charge in [0.2, 0.25) is 0 Å². The minimum absolute atomic E-state index is 0.893. The van der Waals surface area contributed by atoms with Crippen LogP contribution in [0.25, 0.3) is 11.0 Å². The van der Waals surface area contributed by atoms with Gasteiger partial charge in [-0.1, -0.05) is 60.7 Å². The standard InChI is InChI=1S/C23H22N2S/c1-3-10-19(11-4-1)12-9-17-25-22-16-8-7-15-21(22)24-23(25)18-26-20-13-5-2-6-14-20/h1-8,10-11,13-16H,9,12,17-18H2. The lowest BCUT2D eigenvalue weighted by atomic mass is 10.1. The van der Waals surface area contributed by atoms with Crippen LogP contribution < -0.4 is 0 Å².